The van der Waals surface area contributed by atoms with Crippen molar-refractivity contribution in [2.45, 2.75) is 24.3 Å². The van der Waals surface area contributed by atoms with Crippen LogP contribution in [0.2, 0.25) is 0 Å². The van der Waals surface area contributed by atoms with Gasteiger partial charge in [-0.15, -0.1) is 0 Å². The average Bonchev–Trinajstić information content (AvgIpc) is 2.84. The maximum Gasteiger partial charge on any atom is 0.243 e. The summed E-state index contributed by atoms with van der Waals surface area (Å²) in [5.74, 6) is -0.361. The molecule has 0 aliphatic heterocycles. The molecular formula is C27H35N3O5S. The molecule has 1 unspecified atom stereocenters. The number of ether oxygens (including phenoxy) is 1. The molecular weight excluding hydrogens is 478 g/mol. The monoisotopic (exact) mass is 513 g/mol. The number of benzene rings is 3. The van der Waals surface area contributed by atoms with Gasteiger partial charge in [0.2, 0.25) is 10.0 Å². The van der Waals surface area contributed by atoms with Crippen molar-refractivity contribution < 1.29 is 28.0 Å². The van der Waals surface area contributed by atoms with Crippen LogP contribution in [0.4, 0.5) is 5.69 Å². The minimum atomic E-state index is -3.74. The lowest BCUT2D eigenvalue weighted by Gasteiger charge is -2.21. The maximum atomic E-state index is 13.5. The highest BCUT2D eigenvalue weighted by atomic mass is 32.2. The van der Waals surface area contributed by atoms with Gasteiger partial charge in [0, 0.05) is 63.0 Å². The Morgan fingerprint density at radius 2 is 1.67 bits per heavy atom. The number of anilines is 1. The molecule has 0 amide bonds. The molecule has 0 bridgehead atoms. The first-order chi connectivity index (χ1) is 17.1. The summed E-state index contributed by atoms with van der Waals surface area (Å²) in [7, 11) is 3.67. The number of sulfonamides is 1. The lowest BCUT2D eigenvalue weighted by Crippen LogP contribution is -3.09. The fourth-order valence-electron chi connectivity index (χ4n) is 4.13. The van der Waals surface area contributed by atoms with Gasteiger partial charge in [0.05, 0.1) is 31.6 Å². The molecule has 3 aromatic carbocycles. The van der Waals surface area contributed by atoms with Crippen molar-refractivity contribution in [3.05, 3.63) is 66.2 Å². The van der Waals surface area contributed by atoms with Crippen LogP contribution in [0.3, 0.4) is 0 Å². The van der Waals surface area contributed by atoms with E-state index in [0.717, 1.165) is 34.5 Å². The Hall–Kier alpha value is -3.14. The molecule has 0 heterocycles. The van der Waals surface area contributed by atoms with Crippen LogP contribution in [0.5, 0.6) is 5.75 Å². The zero-order valence-corrected chi connectivity index (χ0v) is 22.2. The number of carbonyl (C=O) groups is 1. The van der Waals surface area contributed by atoms with Crippen molar-refractivity contribution in [3.8, 4) is 5.75 Å². The molecule has 0 saturated carbocycles. The third-order valence-electron chi connectivity index (χ3n) is 6.11. The summed E-state index contributed by atoms with van der Waals surface area (Å²) in [4.78, 5) is 13.9. The van der Waals surface area contributed by atoms with E-state index in [1.165, 1.54) is 4.31 Å². The van der Waals surface area contributed by atoms with Crippen molar-refractivity contribution in [3.63, 3.8) is 0 Å². The van der Waals surface area contributed by atoms with Crippen LogP contribution in [0.25, 0.3) is 10.8 Å². The number of nitrogens with one attached hydrogen (secondary N) is 1. The van der Waals surface area contributed by atoms with E-state index in [4.69, 9.17) is 4.74 Å². The molecule has 0 aliphatic rings. The normalized spacial score (nSPS) is 12.6. The predicted octanol–water partition coefficient (Wildman–Crippen LogP) is 1.15. The molecule has 0 radical (unpaired) electrons. The second-order valence-electron chi connectivity index (χ2n) is 9.21. The second-order valence-corrected chi connectivity index (χ2v) is 11.2. The van der Waals surface area contributed by atoms with E-state index in [2.05, 4.69) is 0 Å². The number of nitrogens with zero attached hydrogens (tertiary/aromatic N) is 2. The van der Waals surface area contributed by atoms with Crippen molar-refractivity contribution in [1.29, 1.82) is 0 Å². The second kappa shape index (κ2) is 12.2. The van der Waals surface area contributed by atoms with E-state index >= 15 is 0 Å². The fourth-order valence-corrected chi connectivity index (χ4v) is 5.49. The Kier molecular flexibility index (Phi) is 9.31. The first-order valence-corrected chi connectivity index (χ1v) is 13.4. The Bertz CT molecular complexity index is 1290. The van der Waals surface area contributed by atoms with Gasteiger partial charge in [-0.25, -0.2) is 8.42 Å². The van der Waals surface area contributed by atoms with Crippen molar-refractivity contribution in [2.24, 2.45) is 0 Å². The number of carboxylic acid groups (broad SMARTS) is 1. The van der Waals surface area contributed by atoms with Crippen LogP contribution in [-0.4, -0.2) is 66.6 Å². The van der Waals surface area contributed by atoms with Gasteiger partial charge in [-0.3, -0.25) is 0 Å². The number of hydrogen-bond acceptors (Lipinski definition) is 6. The van der Waals surface area contributed by atoms with Crippen molar-refractivity contribution >= 4 is 32.5 Å². The number of carbonyl (C=O) groups excluding carboxylic acids is 1. The number of fused-ring (bicyclic) bond motifs is 1. The summed E-state index contributed by atoms with van der Waals surface area (Å²) < 4.78 is 34.3. The Morgan fingerprint density at radius 3 is 2.39 bits per heavy atom. The Labute approximate surface area is 213 Å². The predicted molar refractivity (Wildman–Crippen MR) is 140 cm³/mol. The quantitative estimate of drug-likeness (QED) is 0.345. The van der Waals surface area contributed by atoms with Crippen LogP contribution in [0, 0.1) is 0 Å². The summed E-state index contributed by atoms with van der Waals surface area (Å²) in [6, 6.07) is 18.5. The highest BCUT2D eigenvalue weighted by Crippen LogP contribution is 2.31. The third-order valence-corrected chi connectivity index (χ3v) is 7.97. The number of quaternary nitrogens is 1. The van der Waals surface area contributed by atoms with Crippen LogP contribution in [0.1, 0.15) is 18.4 Å². The lowest BCUT2D eigenvalue weighted by atomic mass is 10.1. The van der Waals surface area contributed by atoms with Crippen LogP contribution >= 0.6 is 0 Å². The average molecular weight is 514 g/mol. The molecule has 3 aromatic rings. The van der Waals surface area contributed by atoms with E-state index in [0.29, 0.717) is 24.3 Å². The van der Waals surface area contributed by atoms with E-state index in [1.54, 1.807) is 19.2 Å². The van der Waals surface area contributed by atoms with Gasteiger partial charge in [0.1, 0.15) is 5.75 Å². The first kappa shape index (κ1) is 27.4. The third kappa shape index (κ3) is 6.96. The van der Waals surface area contributed by atoms with Crippen LogP contribution in [0.15, 0.2) is 65.6 Å². The molecule has 0 aliphatic carbocycles. The highest BCUT2D eigenvalue weighted by molar-refractivity contribution is 7.89. The smallest absolute Gasteiger partial charge is 0.243 e. The summed E-state index contributed by atoms with van der Waals surface area (Å²) in [6.45, 7) is 2.00. The Balaban J connectivity index is 1.66. The van der Waals surface area contributed by atoms with Crippen LogP contribution < -0.4 is 19.6 Å². The Morgan fingerprint density at radius 1 is 0.972 bits per heavy atom. The molecule has 1 N–H and O–H groups in total. The molecule has 8 nitrogen and oxygen atoms in total. The molecule has 0 aromatic heterocycles. The number of aliphatic carboxylic acids is 1. The van der Waals surface area contributed by atoms with Gasteiger partial charge in [-0.2, -0.15) is 4.31 Å². The molecule has 0 fully saturated rings. The topological polar surface area (TPSA) is 94.4 Å². The molecule has 0 spiro atoms. The minimum Gasteiger partial charge on any atom is -0.550 e. The summed E-state index contributed by atoms with van der Waals surface area (Å²) >= 11 is 0. The van der Waals surface area contributed by atoms with Gasteiger partial charge in [-0.1, -0.05) is 36.4 Å². The van der Waals surface area contributed by atoms with Gasteiger partial charge < -0.3 is 24.4 Å². The largest absolute Gasteiger partial charge is 0.550 e. The van der Waals surface area contributed by atoms with E-state index in [1.807, 2.05) is 74.6 Å². The van der Waals surface area contributed by atoms with Crippen LogP contribution in [-0.2, 0) is 21.4 Å². The zero-order chi connectivity index (χ0) is 26.3. The number of hydrogen-bond donors (Lipinski definition) is 1. The van der Waals surface area contributed by atoms with E-state index < -0.39 is 16.0 Å². The van der Waals surface area contributed by atoms with Gasteiger partial charge in [0.15, 0.2) is 0 Å². The fraction of sp³-hybridized carbons (Fsp3) is 0.370. The zero-order valence-electron chi connectivity index (χ0n) is 21.4. The van der Waals surface area contributed by atoms with Gasteiger partial charge in [-0.05, 0) is 29.8 Å². The van der Waals surface area contributed by atoms with E-state index in [9.17, 15) is 18.3 Å². The van der Waals surface area contributed by atoms with E-state index in [-0.39, 0.29) is 17.9 Å². The summed E-state index contributed by atoms with van der Waals surface area (Å²) in [5, 5.41) is 12.2. The van der Waals surface area contributed by atoms with Gasteiger partial charge in [0.25, 0.3) is 0 Å². The molecule has 9 heteroatoms. The molecule has 0 saturated heterocycles. The highest BCUT2D eigenvalue weighted by Gasteiger charge is 2.24. The molecule has 1 atom stereocenters. The standard InChI is InChI=1S/C27H35N3O5S/c1-28(2)25-13-6-12-24-23(25)11-7-14-26(24)36(33,34)30(4)20-21-9-5-10-22(19-21)35-18-8-16-29(3)17-15-27(31)32/h5-7,9-14,19H,8,15-18,20H2,1-4H3,(H,31,32). The van der Waals surface area contributed by atoms with Crippen molar-refractivity contribution in [2.75, 3.05) is 52.8 Å². The molecule has 3 rings (SSSR count). The van der Waals surface area contributed by atoms with Crippen molar-refractivity contribution in [1.82, 2.24) is 4.31 Å². The first-order valence-electron chi connectivity index (χ1n) is 12.0. The molecule has 36 heavy (non-hydrogen) atoms. The SMILES string of the molecule is CN(C)c1cccc2c(S(=O)(=O)N(C)Cc3cccc(OCCC[NH+](C)CCC(=O)[O-])c3)cccc12. The number of carboxylic acids is 1. The number of rotatable bonds is 13. The lowest BCUT2D eigenvalue weighted by molar-refractivity contribution is -0.879. The summed E-state index contributed by atoms with van der Waals surface area (Å²) in [5.41, 5.74) is 1.79. The maximum absolute atomic E-state index is 13.5. The minimum absolute atomic E-state index is 0.0424. The molecule has 194 valence electrons. The summed E-state index contributed by atoms with van der Waals surface area (Å²) in [6.07, 6.45) is 0.814. The van der Waals surface area contributed by atoms with Gasteiger partial charge >= 0.3 is 0 Å².